The summed E-state index contributed by atoms with van der Waals surface area (Å²) in [5.74, 6) is -3.53. The Kier molecular flexibility index (Phi) is 70.5. The molecule has 2 aliphatic heterocycles. The molecule has 0 aromatic rings. The Morgan fingerprint density at radius 3 is 0.924 bits per heavy atom. The number of unbranched alkanes of at least 4 members (excludes halogenated alkanes) is 52. The van der Waals surface area contributed by atoms with Crippen LogP contribution >= 0.6 is 7.82 Å². The van der Waals surface area contributed by atoms with Gasteiger partial charge in [-0.1, -0.05) is 375 Å². The number of esters is 4. The van der Waals surface area contributed by atoms with Crippen LogP contribution in [0, 0.1) is 0 Å². The minimum atomic E-state index is -5.55. The van der Waals surface area contributed by atoms with Crippen LogP contribution < -0.4 is 10.6 Å². The molecule has 0 spiro atoms. The highest BCUT2D eigenvalue weighted by atomic mass is 31.2. The van der Waals surface area contributed by atoms with Gasteiger partial charge in [0.2, 0.25) is 11.8 Å². The molecule has 2 saturated heterocycles. The van der Waals surface area contributed by atoms with E-state index in [4.69, 9.17) is 37.7 Å². The largest absolute Gasteiger partial charge is 0.470 e. The SMILES string of the molecule is CCCCCCCCCCCCCC(=O)O[C@H](CCCCCCCCCCC)CC(=O)NC1C(C)OC(CO[C@@H]2OC(CO)[C@@H](OP(=O)(O)O)[C@H](OC(=O)C[C@@H](CCCCCCCCCCC)OC(=O)CCCCCCCCCCCCC)C2NC(=O)C[C@@H](CCCCCCCCCCC)OC(=O)CCCCCCCCCCC)[C@@H](O)[C@@H]1O. The second-order valence-electron chi connectivity index (χ2n) is 35.1. The Balaban J connectivity index is 2.58. The lowest BCUT2D eigenvalue weighted by Gasteiger charge is -2.46. The first kappa shape index (κ1) is 111. The maximum atomic E-state index is 15.0. The maximum absolute atomic E-state index is 15.0. The van der Waals surface area contributed by atoms with Gasteiger partial charge in [0.25, 0.3) is 0 Å². The summed E-state index contributed by atoms with van der Waals surface area (Å²) in [6.07, 6.45) is 47.3. The van der Waals surface area contributed by atoms with Crippen LogP contribution in [0.25, 0.3) is 0 Å². The number of carbonyl (C=O) groups excluding carboxylic acids is 6. The van der Waals surface area contributed by atoms with Crippen LogP contribution in [0.15, 0.2) is 0 Å². The van der Waals surface area contributed by atoms with Gasteiger partial charge >= 0.3 is 31.7 Å². The van der Waals surface area contributed by atoms with E-state index in [0.717, 1.165) is 180 Å². The predicted molar refractivity (Wildman–Crippen MR) is 472 cm³/mol. The van der Waals surface area contributed by atoms with E-state index >= 15 is 4.79 Å². The number of phosphoric acid groups is 1. The van der Waals surface area contributed by atoms with Gasteiger partial charge in [-0.05, 0) is 64.7 Å². The number of aliphatic hydroxyl groups is 3. The fourth-order valence-electron chi connectivity index (χ4n) is 16.6. The third-order valence-corrected chi connectivity index (χ3v) is 24.4. The molecule has 22 nitrogen and oxygen atoms in total. The number of carbonyl (C=O) groups is 6. The molecular weight excluding hydrogens is 1520 g/mol. The molecule has 0 saturated carbocycles. The molecule has 23 heteroatoms. The quantitative estimate of drug-likeness (QED) is 0.0129. The van der Waals surface area contributed by atoms with Crippen molar-refractivity contribution in [2.45, 2.75) is 558 Å². The van der Waals surface area contributed by atoms with E-state index in [1.165, 1.54) is 161 Å². The summed E-state index contributed by atoms with van der Waals surface area (Å²) in [7, 11) is -5.55. The van der Waals surface area contributed by atoms with Gasteiger partial charge in [-0.15, -0.1) is 0 Å². The highest BCUT2D eigenvalue weighted by Crippen LogP contribution is 2.43. The minimum Gasteiger partial charge on any atom is -0.462 e. The summed E-state index contributed by atoms with van der Waals surface area (Å²) in [4.78, 5) is 106. The third kappa shape index (κ3) is 58.7. The lowest BCUT2D eigenvalue weighted by atomic mass is 9.93. The van der Waals surface area contributed by atoms with Gasteiger partial charge in [-0.2, -0.15) is 0 Å². The van der Waals surface area contributed by atoms with E-state index in [9.17, 15) is 53.6 Å². The average Bonchev–Trinajstić information content (AvgIpc) is 0.777. The van der Waals surface area contributed by atoms with Crippen LogP contribution in [0.4, 0.5) is 0 Å². The van der Waals surface area contributed by atoms with Crippen molar-refractivity contribution in [2.75, 3.05) is 13.2 Å². The van der Waals surface area contributed by atoms with Gasteiger partial charge in [0.15, 0.2) is 12.4 Å². The summed E-state index contributed by atoms with van der Waals surface area (Å²) in [6, 6.07) is -2.87. The van der Waals surface area contributed by atoms with Crippen molar-refractivity contribution in [1.29, 1.82) is 0 Å². The number of aliphatic hydroxyl groups excluding tert-OH is 3. The first-order valence-corrected chi connectivity index (χ1v) is 50.8. The number of hydrogen-bond acceptors (Lipinski definition) is 18. The molecule has 2 heterocycles. The van der Waals surface area contributed by atoms with E-state index in [1.54, 1.807) is 6.92 Å². The van der Waals surface area contributed by atoms with Crippen LogP contribution in [0.5, 0.6) is 0 Å². The highest BCUT2D eigenvalue weighted by molar-refractivity contribution is 7.46. The molecule has 0 aliphatic carbocycles. The number of ether oxygens (including phenoxy) is 7. The van der Waals surface area contributed by atoms with E-state index in [2.05, 4.69) is 52.2 Å². The van der Waals surface area contributed by atoms with Gasteiger partial charge in [0, 0.05) is 19.3 Å². The molecule has 7 N–H and O–H groups in total. The number of phosphoric ester groups is 1. The van der Waals surface area contributed by atoms with E-state index in [-0.39, 0.29) is 31.7 Å². The minimum absolute atomic E-state index is 0.140. The van der Waals surface area contributed by atoms with Crippen LogP contribution in [0.2, 0.25) is 0 Å². The Morgan fingerprint density at radius 2 is 0.627 bits per heavy atom. The molecule has 694 valence electrons. The van der Waals surface area contributed by atoms with Crippen LogP contribution in [-0.2, 0) is 71.0 Å². The standard InChI is InChI=1S/C95H179N2O20P/c1-8-14-20-26-32-38-40-46-52-58-64-69-85(101)112-78(66-60-54-48-42-34-28-22-16-10-3)72-83(99)96-89-77(7)111-82(91(105)92(89)106)76-110-95-90(97-84(100)73-79(67-61-55-49-43-35-29-23-17-11-4)113-86(102)70-63-57-51-45-37-31-25-19-13-6)94(93(81(75-98)115-95)117-118(107,108)109)116-88(104)74-80(68-62-56-50-44-36-30-24-18-12-5)114-87(103)71-65-59-53-47-41-39-33-27-21-15-9-2/h77-82,89-95,98,105-106H,8-76H2,1-7H3,(H,96,99)(H,97,100)(H2,107,108,109)/t77?,78-,79-,80-,81?,82?,89?,90?,91-,92-,93-,94-,95-/m1/s1. The second-order valence-corrected chi connectivity index (χ2v) is 36.3. The molecule has 0 aromatic heterocycles. The van der Waals surface area contributed by atoms with Crippen molar-refractivity contribution in [1.82, 2.24) is 10.6 Å². The molecule has 2 aliphatic rings. The van der Waals surface area contributed by atoms with Crippen LogP contribution in [-0.4, -0.2) is 153 Å². The average molecular weight is 1700 g/mol. The topological polar surface area (TPSA) is 319 Å². The van der Waals surface area contributed by atoms with Gasteiger partial charge < -0.3 is 68.9 Å². The zero-order valence-electron chi connectivity index (χ0n) is 76.1. The fraction of sp³-hybridized carbons (Fsp3) is 0.937. The normalized spacial score (nSPS) is 20.3. The summed E-state index contributed by atoms with van der Waals surface area (Å²) < 4.78 is 62.2. The van der Waals surface area contributed by atoms with Crippen molar-refractivity contribution in [3.8, 4) is 0 Å². The van der Waals surface area contributed by atoms with Crippen LogP contribution in [0.1, 0.15) is 479 Å². The van der Waals surface area contributed by atoms with Crippen molar-refractivity contribution in [3.05, 3.63) is 0 Å². The van der Waals surface area contributed by atoms with Gasteiger partial charge in [-0.3, -0.25) is 33.3 Å². The Bertz CT molecular complexity index is 2480. The van der Waals surface area contributed by atoms with Gasteiger partial charge in [-0.25, -0.2) is 4.57 Å². The number of amides is 2. The van der Waals surface area contributed by atoms with E-state index < -0.39 is 143 Å². The van der Waals surface area contributed by atoms with Crippen LogP contribution in [0.3, 0.4) is 0 Å². The summed E-state index contributed by atoms with van der Waals surface area (Å²) >= 11 is 0. The Labute approximate surface area is 718 Å². The third-order valence-electron chi connectivity index (χ3n) is 23.9. The molecule has 0 aromatic carbocycles. The lowest BCUT2D eigenvalue weighted by molar-refractivity contribution is -0.285. The fourth-order valence-corrected chi connectivity index (χ4v) is 17.2. The number of nitrogens with one attached hydrogen (secondary N) is 2. The molecule has 13 atom stereocenters. The number of hydrogen-bond donors (Lipinski definition) is 7. The first-order chi connectivity index (χ1) is 57.2. The predicted octanol–water partition coefficient (Wildman–Crippen LogP) is 22.6. The van der Waals surface area contributed by atoms with Crippen molar-refractivity contribution < 1.29 is 96.1 Å². The Morgan fingerprint density at radius 1 is 0.347 bits per heavy atom. The van der Waals surface area contributed by atoms with E-state index in [0.29, 0.717) is 51.4 Å². The summed E-state index contributed by atoms with van der Waals surface area (Å²) in [5.41, 5.74) is 0. The number of rotatable bonds is 82. The van der Waals surface area contributed by atoms with Crippen molar-refractivity contribution in [3.63, 3.8) is 0 Å². The second kappa shape index (κ2) is 75.1. The zero-order chi connectivity index (χ0) is 86.3. The molecule has 2 rings (SSSR count). The molecule has 118 heavy (non-hydrogen) atoms. The molecule has 0 bridgehead atoms. The summed E-state index contributed by atoms with van der Waals surface area (Å²) in [5, 5.41) is 40.7. The first-order valence-electron chi connectivity index (χ1n) is 49.2. The molecular formula is C95H179N2O20P. The van der Waals surface area contributed by atoms with Crippen molar-refractivity contribution >= 4 is 43.5 Å². The molecule has 2 amide bonds. The van der Waals surface area contributed by atoms with Gasteiger partial charge in [0.05, 0.1) is 44.6 Å². The summed E-state index contributed by atoms with van der Waals surface area (Å²) in [6.45, 7) is 13.2. The zero-order valence-corrected chi connectivity index (χ0v) is 77.0. The van der Waals surface area contributed by atoms with E-state index in [1.807, 2.05) is 0 Å². The molecule has 0 radical (unpaired) electrons. The highest BCUT2D eigenvalue weighted by Gasteiger charge is 2.53. The van der Waals surface area contributed by atoms with Gasteiger partial charge in [0.1, 0.15) is 54.9 Å². The smallest absolute Gasteiger partial charge is 0.462 e. The molecule has 2 fully saturated rings. The maximum Gasteiger partial charge on any atom is 0.470 e. The van der Waals surface area contributed by atoms with Crippen molar-refractivity contribution in [2.24, 2.45) is 0 Å². The molecule has 5 unspecified atom stereocenters. The Hall–Kier alpha value is -3.31. The lowest BCUT2D eigenvalue weighted by Crippen LogP contribution is -2.67. The monoisotopic (exact) mass is 1700 g/mol.